The van der Waals surface area contributed by atoms with Crippen molar-refractivity contribution in [3.8, 4) is 0 Å². The molecule has 17 heavy (non-hydrogen) atoms. The molecular weight excluding hydrogens is 235 g/mol. The Morgan fingerprint density at radius 2 is 2.18 bits per heavy atom. The average molecular weight is 256 g/mol. The molecular formula is C13H21FN2S. The monoisotopic (exact) mass is 256 g/mol. The molecule has 0 amide bonds. The summed E-state index contributed by atoms with van der Waals surface area (Å²) in [5, 5.41) is 0. The molecule has 0 heterocycles. The topological polar surface area (TPSA) is 29.3 Å². The van der Waals surface area contributed by atoms with Gasteiger partial charge in [-0.15, -0.1) is 0 Å². The summed E-state index contributed by atoms with van der Waals surface area (Å²) in [6.07, 6.45) is 3.89. The van der Waals surface area contributed by atoms with Crippen LogP contribution in [-0.2, 0) is 6.42 Å². The summed E-state index contributed by atoms with van der Waals surface area (Å²) in [7, 11) is 1.93. The Bertz CT molecular complexity index is 344. The van der Waals surface area contributed by atoms with E-state index in [1.54, 1.807) is 6.07 Å². The van der Waals surface area contributed by atoms with Gasteiger partial charge in [-0.1, -0.05) is 6.07 Å². The second-order valence-corrected chi connectivity index (χ2v) is 5.08. The maximum absolute atomic E-state index is 13.8. The van der Waals surface area contributed by atoms with Crippen molar-refractivity contribution in [1.29, 1.82) is 0 Å². The quantitative estimate of drug-likeness (QED) is 0.760. The van der Waals surface area contributed by atoms with E-state index in [0.29, 0.717) is 12.2 Å². The SMILES string of the molecule is CSCCCN(C)c1ccc(CCN)cc1F. The third-order valence-electron chi connectivity index (χ3n) is 2.70. The fourth-order valence-corrected chi connectivity index (χ4v) is 2.17. The summed E-state index contributed by atoms with van der Waals surface area (Å²) in [6.45, 7) is 1.44. The molecule has 0 radical (unpaired) electrons. The van der Waals surface area contributed by atoms with Gasteiger partial charge in [0.1, 0.15) is 5.82 Å². The van der Waals surface area contributed by atoms with Gasteiger partial charge >= 0.3 is 0 Å². The first-order valence-electron chi connectivity index (χ1n) is 5.87. The van der Waals surface area contributed by atoms with Gasteiger partial charge in [-0.25, -0.2) is 4.39 Å². The Morgan fingerprint density at radius 3 is 2.76 bits per heavy atom. The molecule has 0 bridgehead atoms. The molecule has 0 atom stereocenters. The van der Waals surface area contributed by atoms with Crippen molar-refractivity contribution < 1.29 is 4.39 Å². The van der Waals surface area contributed by atoms with Crippen LogP contribution in [0.1, 0.15) is 12.0 Å². The van der Waals surface area contributed by atoms with Crippen LogP contribution in [0.25, 0.3) is 0 Å². The van der Waals surface area contributed by atoms with Crippen LogP contribution in [0.4, 0.5) is 10.1 Å². The fraction of sp³-hybridized carbons (Fsp3) is 0.538. The molecule has 1 aromatic carbocycles. The first kappa shape index (κ1) is 14.3. The minimum atomic E-state index is -0.150. The second-order valence-electron chi connectivity index (χ2n) is 4.09. The lowest BCUT2D eigenvalue weighted by Gasteiger charge is -2.20. The van der Waals surface area contributed by atoms with Crippen LogP contribution in [0.5, 0.6) is 0 Å². The van der Waals surface area contributed by atoms with Crippen LogP contribution in [0.2, 0.25) is 0 Å². The van der Waals surface area contributed by atoms with Gasteiger partial charge in [0, 0.05) is 13.6 Å². The minimum absolute atomic E-state index is 0.150. The van der Waals surface area contributed by atoms with Gasteiger partial charge < -0.3 is 10.6 Å². The first-order chi connectivity index (χ1) is 8.19. The Morgan fingerprint density at radius 1 is 1.41 bits per heavy atom. The van der Waals surface area contributed by atoms with Crippen molar-refractivity contribution in [2.45, 2.75) is 12.8 Å². The molecule has 0 fully saturated rings. The zero-order valence-corrected chi connectivity index (χ0v) is 11.4. The summed E-state index contributed by atoms with van der Waals surface area (Å²) in [6, 6.07) is 5.39. The van der Waals surface area contributed by atoms with Gasteiger partial charge in [-0.3, -0.25) is 0 Å². The van der Waals surface area contributed by atoms with E-state index in [-0.39, 0.29) is 5.82 Å². The molecule has 2 nitrogen and oxygen atoms in total. The van der Waals surface area contributed by atoms with Crippen LogP contribution in [0.15, 0.2) is 18.2 Å². The molecule has 0 aliphatic carbocycles. The number of rotatable bonds is 7. The molecule has 0 aromatic heterocycles. The highest BCUT2D eigenvalue weighted by atomic mass is 32.2. The van der Waals surface area contributed by atoms with Crippen LogP contribution < -0.4 is 10.6 Å². The zero-order chi connectivity index (χ0) is 12.7. The Hall–Kier alpha value is -0.740. The van der Waals surface area contributed by atoms with Crippen molar-refractivity contribution in [2.75, 3.05) is 37.0 Å². The lowest BCUT2D eigenvalue weighted by Crippen LogP contribution is -2.20. The van der Waals surface area contributed by atoms with E-state index in [9.17, 15) is 4.39 Å². The molecule has 4 heteroatoms. The lowest BCUT2D eigenvalue weighted by molar-refractivity contribution is 0.619. The first-order valence-corrected chi connectivity index (χ1v) is 7.27. The van der Waals surface area contributed by atoms with Gasteiger partial charge in [-0.05, 0) is 49.1 Å². The summed E-state index contributed by atoms with van der Waals surface area (Å²) >= 11 is 1.82. The Balaban J connectivity index is 2.63. The van der Waals surface area contributed by atoms with Gasteiger partial charge in [0.25, 0.3) is 0 Å². The molecule has 1 aromatic rings. The van der Waals surface area contributed by atoms with Crippen molar-refractivity contribution >= 4 is 17.4 Å². The van der Waals surface area contributed by atoms with Crippen LogP contribution in [-0.4, -0.2) is 32.1 Å². The standard InChI is InChI=1S/C13H21FN2S/c1-16(8-3-9-17-2)13-5-4-11(6-7-15)10-12(13)14/h4-5,10H,3,6-9,15H2,1-2H3. The predicted molar refractivity (Wildman–Crippen MR) is 75.4 cm³/mol. The third-order valence-corrected chi connectivity index (χ3v) is 3.40. The fourth-order valence-electron chi connectivity index (χ4n) is 1.75. The van der Waals surface area contributed by atoms with Crippen molar-refractivity contribution in [1.82, 2.24) is 0 Å². The minimum Gasteiger partial charge on any atom is -0.372 e. The number of thioether (sulfide) groups is 1. The summed E-state index contributed by atoms with van der Waals surface area (Å²) in [5.74, 6) is 0.958. The van der Waals surface area contributed by atoms with Gasteiger partial charge in [0.2, 0.25) is 0 Å². The molecule has 0 spiro atoms. The molecule has 0 aliphatic heterocycles. The number of nitrogens with zero attached hydrogens (tertiary/aromatic N) is 1. The maximum atomic E-state index is 13.8. The number of hydrogen-bond donors (Lipinski definition) is 1. The molecule has 0 unspecified atom stereocenters. The number of anilines is 1. The highest BCUT2D eigenvalue weighted by molar-refractivity contribution is 7.98. The molecule has 2 N–H and O–H groups in total. The number of hydrogen-bond acceptors (Lipinski definition) is 3. The van der Waals surface area contributed by atoms with E-state index in [4.69, 9.17) is 5.73 Å². The Labute approximate surface area is 107 Å². The summed E-state index contributed by atoms with van der Waals surface area (Å²) < 4.78 is 13.8. The third kappa shape index (κ3) is 4.56. The van der Waals surface area contributed by atoms with Crippen LogP contribution in [0.3, 0.4) is 0 Å². The molecule has 1 rings (SSSR count). The zero-order valence-electron chi connectivity index (χ0n) is 10.6. The normalized spacial score (nSPS) is 10.6. The van der Waals surface area contributed by atoms with Crippen LogP contribution in [0, 0.1) is 5.82 Å². The summed E-state index contributed by atoms with van der Waals surface area (Å²) in [5.41, 5.74) is 7.09. The van der Waals surface area contributed by atoms with Gasteiger partial charge in [0.05, 0.1) is 5.69 Å². The number of benzene rings is 1. The van der Waals surface area contributed by atoms with Crippen LogP contribution >= 0.6 is 11.8 Å². The smallest absolute Gasteiger partial charge is 0.146 e. The van der Waals surface area contributed by atoms with Crippen molar-refractivity contribution in [2.24, 2.45) is 5.73 Å². The van der Waals surface area contributed by atoms with E-state index in [1.807, 2.05) is 35.8 Å². The number of nitrogens with two attached hydrogens (primary N) is 1. The van der Waals surface area contributed by atoms with Gasteiger partial charge in [-0.2, -0.15) is 11.8 Å². The largest absolute Gasteiger partial charge is 0.372 e. The van der Waals surface area contributed by atoms with E-state index < -0.39 is 0 Å². The number of halogens is 1. The van der Waals surface area contributed by atoms with Crippen molar-refractivity contribution in [3.05, 3.63) is 29.6 Å². The lowest BCUT2D eigenvalue weighted by atomic mass is 10.1. The molecule has 96 valence electrons. The predicted octanol–water partition coefficient (Wildman–Crippen LogP) is 2.52. The molecule has 0 saturated heterocycles. The summed E-state index contributed by atoms with van der Waals surface area (Å²) in [4.78, 5) is 1.97. The molecule has 0 saturated carbocycles. The highest BCUT2D eigenvalue weighted by Gasteiger charge is 2.07. The maximum Gasteiger partial charge on any atom is 0.146 e. The molecule has 0 aliphatic rings. The second kappa shape index (κ2) is 7.56. The Kier molecular flexibility index (Phi) is 6.37. The van der Waals surface area contributed by atoms with E-state index >= 15 is 0 Å². The van der Waals surface area contributed by atoms with Gasteiger partial charge in [0.15, 0.2) is 0 Å². The van der Waals surface area contributed by atoms with Crippen molar-refractivity contribution in [3.63, 3.8) is 0 Å². The van der Waals surface area contributed by atoms with E-state index in [0.717, 1.165) is 30.7 Å². The highest BCUT2D eigenvalue weighted by Crippen LogP contribution is 2.20. The van der Waals surface area contributed by atoms with E-state index in [1.165, 1.54) is 0 Å². The average Bonchev–Trinajstić information content (AvgIpc) is 2.29. The van der Waals surface area contributed by atoms with E-state index in [2.05, 4.69) is 6.26 Å².